The number of ketones is 1. The first kappa shape index (κ1) is 16.4. The summed E-state index contributed by atoms with van der Waals surface area (Å²) in [5.41, 5.74) is 1.09. The van der Waals surface area contributed by atoms with E-state index in [1.54, 1.807) is 24.3 Å². The molecule has 4 aliphatic carbocycles. The molecule has 1 N–H and O–H groups in total. The number of nitrogens with one attached hydrogen (secondary N) is 1. The van der Waals surface area contributed by atoms with Gasteiger partial charge in [0.15, 0.2) is 5.78 Å². The summed E-state index contributed by atoms with van der Waals surface area (Å²) in [6.07, 6.45) is 5.35. The standard InChI is InChI=1S/C21H20N2O4/c1-10(24)11-2-4-12(5-3-11)22-17(25)9-23-20(26)18-13-6-7-14(16-8-15(13)16)19(18)21(23)27/h2-7,13-16,18-19H,8-9H2,1H3,(H,22,25)/t13-,14+,15-,16-,18+,19-/m1/s1. The van der Waals surface area contributed by atoms with Gasteiger partial charge in [-0.2, -0.15) is 0 Å². The third-order valence-corrected chi connectivity index (χ3v) is 6.63. The largest absolute Gasteiger partial charge is 0.325 e. The minimum absolute atomic E-state index is 0.0509. The van der Waals surface area contributed by atoms with E-state index >= 15 is 0 Å². The van der Waals surface area contributed by atoms with Crippen molar-refractivity contribution in [3.63, 3.8) is 0 Å². The number of allylic oxidation sites excluding steroid dienone is 2. The molecule has 6 atom stereocenters. The van der Waals surface area contributed by atoms with E-state index in [-0.39, 0.29) is 47.8 Å². The van der Waals surface area contributed by atoms with Crippen LogP contribution in [-0.2, 0) is 14.4 Å². The molecule has 3 amide bonds. The van der Waals surface area contributed by atoms with E-state index in [0.29, 0.717) is 23.1 Å². The Labute approximate surface area is 156 Å². The molecule has 3 fully saturated rings. The van der Waals surface area contributed by atoms with Crippen LogP contribution >= 0.6 is 0 Å². The average molecular weight is 364 g/mol. The fourth-order valence-electron chi connectivity index (χ4n) is 5.31. The van der Waals surface area contributed by atoms with Crippen LogP contribution in [0, 0.1) is 35.5 Å². The van der Waals surface area contributed by atoms with Gasteiger partial charge in [0.25, 0.3) is 0 Å². The van der Waals surface area contributed by atoms with Crippen molar-refractivity contribution in [3.8, 4) is 0 Å². The van der Waals surface area contributed by atoms with Crippen molar-refractivity contribution >= 4 is 29.2 Å². The van der Waals surface area contributed by atoms with Gasteiger partial charge in [-0.15, -0.1) is 0 Å². The van der Waals surface area contributed by atoms with Crippen molar-refractivity contribution in [3.05, 3.63) is 42.0 Å². The van der Waals surface area contributed by atoms with Gasteiger partial charge in [0.05, 0.1) is 11.8 Å². The van der Waals surface area contributed by atoms with Crippen molar-refractivity contribution in [1.29, 1.82) is 0 Å². The molecule has 1 saturated heterocycles. The van der Waals surface area contributed by atoms with Gasteiger partial charge in [0, 0.05) is 11.3 Å². The maximum absolute atomic E-state index is 12.9. The number of benzene rings is 1. The predicted molar refractivity (Wildman–Crippen MR) is 96.5 cm³/mol. The zero-order chi connectivity index (χ0) is 18.9. The molecule has 0 aromatic heterocycles. The number of amides is 3. The second-order valence-corrected chi connectivity index (χ2v) is 8.10. The van der Waals surface area contributed by atoms with E-state index in [1.807, 2.05) is 0 Å². The molecule has 1 aromatic rings. The maximum Gasteiger partial charge on any atom is 0.244 e. The van der Waals surface area contributed by atoms with Gasteiger partial charge in [-0.05, 0) is 61.3 Å². The monoisotopic (exact) mass is 364 g/mol. The zero-order valence-corrected chi connectivity index (χ0v) is 14.9. The molecular formula is C21H20N2O4. The smallest absolute Gasteiger partial charge is 0.244 e. The van der Waals surface area contributed by atoms with Crippen LogP contribution in [0.2, 0.25) is 0 Å². The molecule has 138 valence electrons. The number of carbonyl (C=O) groups excluding carboxylic acids is 4. The van der Waals surface area contributed by atoms with Gasteiger partial charge in [-0.1, -0.05) is 12.2 Å². The molecule has 6 heteroatoms. The number of hydrogen-bond acceptors (Lipinski definition) is 4. The number of likely N-dealkylation sites (tertiary alicyclic amines) is 1. The van der Waals surface area contributed by atoms with Gasteiger partial charge in [-0.25, -0.2) is 0 Å². The Morgan fingerprint density at radius 1 is 1.00 bits per heavy atom. The Kier molecular flexibility index (Phi) is 3.41. The summed E-state index contributed by atoms with van der Waals surface area (Å²) in [4.78, 5) is 50.6. The third-order valence-electron chi connectivity index (χ3n) is 6.63. The summed E-state index contributed by atoms with van der Waals surface area (Å²) in [6, 6.07) is 6.54. The van der Waals surface area contributed by atoms with E-state index in [2.05, 4.69) is 17.5 Å². The molecule has 2 saturated carbocycles. The number of Topliss-reactive ketones (excluding diaryl/α,β-unsaturated/α-hetero) is 1. The average Bonchev–Trinajstić information content (AvgIpc) is 3.43. The molecule has 1 heterocycles. The first-order chi connectivity index (χ1) is 13.0. The van der Waals surface area contributed by atoms with Crippen molar-refractivity contribution in [2.75, 3.05) is 11.9 Å². The maximum atomic E-state index is 12.9. The lowest BCUT2D eigenvalue weighted by atomic mass is 9.63. The summed E-state index contributed by atoms with van der Waals surface area (Å²) < 4.78 is 0. The molecule has 0 spiro atoms. The van der Waals surface area contributed by atoms with Crippen molar-refractivity contribution in [2.45, 2.75) is 13.3 Å². The molecule has 27 heavy (non-hydrogen) atoms. The van der Waals surface area contributed by atoms with E-state index < -0.39 is 5.91 Å². The molecule has 1 aromatic carbocycles. The first-order valence-electron chi connectivity index (χ1n) is 9.40. The van der Waals surface area contributed by atoms with Crippen LogP contribution in [0.3, 0.4) is 0 Å². The van der Waals surface area contributed by atoms with Crippen LogP contribution in [0.4, 0.5) is 5.69 Å². The molecule has 2 bridgehead atoms. The third kappa shape index (κ3) is 2.39. The fraction of sp³-hybridized carbons (Fsp3) is 0.429. The molecular weight excluding hydrogens is 344 g/mol. The highest BCUT2D eigenvalue weighted by molar-refractivity contribution is 6.09. The number of nitrogens with zero attached hydrogens (tertiary/aromatic N) is 1. The lowest BCUT2D eigenvalue weighted by molar-refractivity contribution is -0.142. The number of imide groups is 1. The highest BCUT2D eigenvalue weighted by Crippen LogP contribution is 2.65. The van der Waals surface area contributed by atoms with Crippen LogP contribution in [0.15, 0.2) is 36.4 Å². The van der Waals surface area contributed by atoms with Crippen molar-refractivity contribution in [1.82, 2.24) is 4.90 Å². The fourth-order valence-corrected chi connectivity index (χ4v) is 5.31. The number of anilines is 1. The minimum Gasteiger partial charge on any atom is -0.325 e. The SMILES string of the molecule is CC(=O)c1ccc(NC(=O)CN2C(=O)[C@@H]3[C@H]4C=C[C@H]([C@H]5C[C@H]45)[C@@H]3C2=O)cc1. The van der Waals surface area contributed by atoms with Crippen LogP contribution in [0.5, 0.6) is 0 Å². The quantitative estimate of drug-likeness (QED) is 0.502. The summed E-state index contributed by atoms with van der Waals surface area (Å²) in [5.74, 6) is 0.00757. The normalized spacial score (nSPS) is 35.1. The van der Waals surface area contributed by atoms with E-state index in [0.717, 1.165) is 11.3 Å². The van der Waals surface area contributed by atoms with Crippen LogP contribution in [-0.4, -0.2) is 34.9 Å². The van der Waals surface area contributed by atoms with Crippen molar-refractivity contribution in [2.24, 2.45) is 35.5 Å². The van der Waals surface area contributed by atoms with Crippen LogP contribution in [0.25, 0.3) is 0 Å². The van der Waals surface area contributed by atoms with Gasteiger partial charge in [-0.3, -0.25) is 24.1 Å². The summed E-state index contributed by atoms with van der Waals surface area (Å²) >= 11 is 0. The number of rotatable bonds is 4. The van der Waals surface area contributed by atoms with Crippen molar-refractivity contribution < 1.29 is 19.2 Å². The molecule has 6 rings (SSSR count). The summed E-state index contributed by atoms with van der Waals surface area (Å²) in [6.45, 7) is 1.22. The highest BCUT2D eigenvalue weighted by atomic mass is 16.2. The van der Waals surface area contributed by atoms with E-state index in [9.17, 15) is 19.2 Å². The van der Waals surface area contributed by atoms with E-state index in [4.69, 9.17) is 0 Å². The van der Waals surface area contributed by atoms with Gasteiger partial charge in [0.1, 0.15) is 6.54 Å². The molecule has 0 radical (unpaired) electrons. The molecule has 6 nitrogen and oxygen atoms in total. The Hall–Kier alpha value is -2.76. The van der Waals surface area contributed by atoms with Gasteiger partial charge >= 0.3 is 0 Å². The Morgan fingerprint density at radius 2 is 1.56 bits per heavy atom. The topological polar surface area (TPSA) is 83.6 Å². The minimum atomic E-state index is -0.406. The number of carbonyl (C=O) groups is 4. The highest BCUT2D eigenvalue weighted by Gasteiger charge is 2.67. The lowest BCUT2D eigenvalue weighted by Crippen LogP contribution is -2.40. The first-order valence-corrected chi connectivity index (χ1v) is 9.40. The van der Waals surface area contributed by atoms with Gasteiger partial charge < -0.3 is 5.32 Å². The van der Waals surface area contributed by atoms with E-state index in [1.165, 1.54) is 6.92 Å². The summed E-state index contributed by atoms with van der Waals surface area (Å²) in [7, 11) is 0. The molecule has 0 unspecified atom stereocenters. The predicted octanol–water partition coefficient (Wildman–Crippen LogP) is 1.88. The Bertz CT molecular complexity index is 867. The zero-order valence-electron chi connectivity index (χ0n) is 14.9. The lowest BCUT2D eigenvalue weighted by Gasteiger charge is -2.37. The molecule has 1 aliphatic heterocycles. The van der Waals surface area contributed by atoms with Crippen LogP contribution < -0.4 is 5.32 Å². The van der Waals surface area contributed by atoms with Gasteiger partial charge in [0.2, 0.25) is 17.7 Å². The second kappa shape index (κ2) is 5.62. The summed E-state index contributed by atoms with van der Waals surface area (Å²) in [5, 5.41) is 2.70. The Morgan fingerprint density at radius 3 is 2.07 bits per heavy atom. The Balaban J connectivity index is 1.29. The number of hydrogen-bond donors (Lipinski definition) is 1. The second-order valence-electron chi connectivity index (χ2n) is 8.10. The van der Waals surface area contributed by atoms with Crippen LogP contribution in [0.1, 0.15) is 23.7 Å². The molecule has 5 aliphatic rings.